The van der Waals surface area contributed by atoms with Gasteiger partial charge in [0.2, 0.25) is 5.96 Å². The lowest BCUT2D eigenvalue weighted by Gasteiger charge is -2.11. The third-order valence-electron chi connectivity index (χ3n) is 1.86. The van der Waals surface area contributed by atoms with Crippen LogP contribution in [0.3, 0.4) is 0 Å². The fourth-order valence-electron chi connectivity index (χ4n) is 1.23. The van der Waals surface area contributed by atoms with Gasteiger partial charge in [-0.15, -0.1) is 5.10 Å². The highest BCUT2D eigenvalue weighted by molar-refractivity contribution is 5.82. The molecule has 104 valence electrons. The highest BCUT2D eigenvalue weighted by atomic mass is 19.3. The first-order chi connectivity index (χ1) is 9.02. The van der Waals surface area contributed by atoms with Crippen LogP contribution in [0.2, 0.25) is 0 Å². The zero-order chi connectivity index (χ0) is 14.3. The van der Waals surface area contributed by atoms with Crippen LogP contribution in [-0.4, -0.2) is 25.4 Å². The van der Waals surface area contributed by atoms with Gasteiger partial charge in [0.15, 0.2) is 11.5 Å². The van der Waals surface area contributed by atoms with Crippen LogP contribution in [0.1, 0.15) is 12.5 Å². The maximum atomic E-state index is 12.2. The Morgan fingerprint density at radius 1 is 1.37 bits per heavy atom. The molecule has 0 aliphatic carbocycles. The second-order valence-electron chi connectivity index (χ2n) is 3.29. The Kier molecular flexibility index (Phi) is 5.52. The lowest BCUT2D eigenvalue weighted by molar-refractivity contribution is -0.0514. The number of ether oxygens (including phenoxy) is 2. The first-order valence-corrected chi connectivity index (χ1v) is 5.36. The van der Waals surface area contributed by atoms with Crippen LogP contribution in [0.5, 0.6) is 11.5 Å². The lowest BCUT2D eigenvalue weighted by atomic mass is 10.2. The number of halogens is 2. The summed E-state index contributed by atoms with van der Waals surface area (Å²) in [4.78, 5) is 0. The predicted octanol–water partition coefficient (Wildman–Crippen LogP) is 1.29. The van der Waals surface area contributed by atoms with Gasteiger partial charge in [0.1, 0.15) is 0 Å². The fourth-order valence-corrected chi connectivity index (χ4v) is 1.23. The van der Waals surface area contributed by atoms with Crippen molar-refractivity contribution in [2.45, 2.75) is 13.5 Å². The summed E-state index contributed by atoms with van der Waals surface area (Å²) in [5.74, 6) is -0.0359. The number of benzene rings is 1. The Morgan fingerprint density at radius 3 is 2.68 bits per heavy atom. The molecule has 6 nitrogen and oxygen atoms in total. The minimum Gasteiger partial charge on any atom is -0.490 e. The highest BCUT2D eigenvalue weighted by Gasteiger charge is 2.10. The number of hydrogen-bond acceptors (Lipinski definition) is 4. The summed E-state index contributed by atoms with van der Waals surface area (Å²) in [6, 6.07) is 4.37. The van der Waals surface area contributed by atoms with Gasteiger partial charge in [-0.2, -0.15) is 13.9 Å². The quantitative estimate of drug-likeness (QED) is 0.463. The van der Waals surface area contributed by atoms with Crippen LogP contribution in [0.4, 0.5) is 8.78 Å². The van der Waals surface area contributed by atoms with Crippen LogP contribution in [-0.2, 0) is 0 Å². The average molecular weight is 272 g/mol. The van der Waals surface area contributed by atoms with Gasteiger partial charge in [0.05, 0.1) is 12.8 Å². The lowest BCUT2D eigenvalue weighted by Crippen LogP contribution is -2.21. The topological polar surface area (TPSA) is 95.2 Å². The molecule has 0 atom stereocenters. The molecular weight excluding hydrogens is 258 g/mol. The van der Waals surface area contributed by atoms with E-state index >= 15 is 0 Å². The molecule has 1 aromatic carbocycles. The van der Waals surface area contributed by atoms with Crippen molar-refractivity contribution in [2.75, 3.05) is 6.61 Å². The van der Waals surface area contributed by atoms with Crippen molar-refractivity contribution in [1.82, 2.24) is 0 Å². The molecule has 0 saturated carbocycles. The van der Waals surface area contributed by atoms with Crippen LogP contribution < -0.4 is 20.9 Å². The predicted molar refractivity (Wildman–Crippen MR) is 67.6 cm³/mol. The minimum atomic E-state index is -2.92. The summed E-state index contributed by atoms with van der Waals surface area (Å²) >= 11 is 0. The fraction of sp³-hybridized carbons (Fsp3) is 0.273. The van der Waals surface area contributed by atoms with Crippen molar-refractivity contribution in [3.8, 4) is 11.5 Å². The molecular formula is C11H14F2N4O2. The average Bonchev–Trinajstić information content (AvgIpc) is 2.31. The van der Waals surface area contributed by atoms with Gasteiger partial charge in [-0.05, 0) is 30.7 Å². The molecule has 0 radical (unpaired) electrons. The van der Waals surface area contributed by atoms with E-state index in [4.69, 9.17) is 16.2 Å². The molecule has 0 bridgehead atoms. The van der Waals surface area contributed by atoms with Crippen LogP contribution in [0.15, 0.2) is 28.4 Å². The van der Waals surface area contributed by atoms with Crippen molar-refractivity contribution in [3.05, 3.63) is 23.8 Å². The molecule has 0 saturated heterocycles. The second kappa shape index (κ2) is 7.14. The third-order valence-corrected chi connectivity index (χ3v) is 1.86. The molecule has 19 heavy (non-hydrogen) atoms. The van der Waals surface area contributed by atoms with Gasteiger partial charge in [0, 0.05) is 0 Å². The van der Waals surface area contributed by atoms with Gasteiger partial charge < -0.3 is 20.9 Å². The Bertz CT molecular complexity index is 474. The first-order valence-electron chi connectivity index (χ1n) is 5.36. The smallest absolute Gasteiger partial charge is 0.387 e. The summed E-state index contributed by atoms with van der Waals surface area (Å²) in [6.07, 6.45) is 1.36. The van der Waals surface area contributed by atoms with Crippen molar-refractivity contribution in [3.63, 3.8) is 0 Å². The number of nitrogens with two attached hydrogens (primary N) is 2. The monoisotopic (exact) mass is 272 g/mol. The summed E-state index contributed by atoms with van der Waals surface area (Å²) in [5, 5.41) is 7.02. The molecule has 0 aliphatic heterocycles. The maximum absolute atomic E-state index is 12.2. The molecule has 1 aromatic rings. The first kappa shape index (κ1) is 14.7. The SMILES string of the molecule is CCOc1cc(/C=N/N=C(N)N)ccc1OC(F)F. The van der Waals surface area contributed by atoms with Crippen molar-refractivity contribution >= 4 is 12.2 Å². The molecule has 0 aliphatic rings. The van der Waals surface area contributed by atoms with Crippen LogP contribution >= 0.6 is 0 Å². The zero-order valence-electron chi connectivity index (χ0n) is 10.2. The van der Waals surface area contributed by atoms with E-state index in [0.717, 1.165) is 0 Å². The standard InChI is InChI=1S/C11H14F2N4O2/c1-2-18-9-5-7(6-16-17-11(14)15)3-4-8(9)19-10(12)13/h3-6,10H,2H2,1H3,(H4,14,15,17)/b16-6+. The Hall–Kier alpha value is -2.38. The van der Waals surface area contributed by atoms with E-state index in [1.165, 1.54) is 24.4 Å². The van der Waals surface area contributed by atoms with E-state index in [-0.39, 0.29) is 17.5 Å². The van der Waals surface area contributed by atoms with E-state index in [1.807, 2.05) is 0 Å². The number of hydrogen-bond donors (Lipinski definition) is 2. The van der Waals surface area contributed by atoms with E-state index in [9.17, 15) is 8.78 Å². The van der Waals surface area contributed by atoms with Crippen molar-refractivity contribution < 1.29 is 18.3 Å². The summed E-state index contributed by atoms with van der Waals surface area (Å²) < 4.78 is 33.9. The van der Waals surface area contributed by atoms with Gasteiger partial charge >= 0.3 is 6.61 Å². The number of nitrogens with zero attached hydrogens (tertiary/aromatic N) is 2. The summed E-state index contributed by atoms with van der Waals surface area (Å²) in [7, 11) is 0. The molecule has 0 fully saturated rings. The van der Waals surface area contributed by atoms with Crippen molar-refractivity contribution in [2.24, 2.45) is 21.7 Å². The molecule has 4 N–H and O–H groups in total. The maximum Gasteiger partial charge on any atom is 0.387 e. The largest absolute Gasteiger partial charge is 0.490 e. The second-order valence-corrected chi connectivity index (χ2v) is 3.29. The van der Waals surface area contributed by atoms with Gasteiger partial charge in [-0.1, -0.05) is 0 Å². The summed E-state index contributed by atoms with van der Waals surface area (Å²) in [5.41, 5.74) is 10.8. The number of alkyl halides is 2. The molecule has 0 heterocycles. The number of guanidine groups is 1. The van der Waals surface area contributed by atoms with E-state index in [2.05, 4.69) is 14.9 Å². The molecule has 0 spiro atoms. The van der Waals surface area contributed by atoms with Crippen molar-refractivity contribution in [1.29, 1.82) is 0 Å². The Balaban J connectivity index is 2.95. The van der Waals surface area contributed by atoms with Crippen LogP contribution in [0.25, 0.3) is 0 Å². The normalized spacial score (nSPS) is 10.7. The summed E-state index contributed by atoms with van der Waals surface area (Å²) in [6.45, 7) is -0.874. The Labute approximate surface area is 108 Å². The Morgan fingerprint density at radius 2 is 2.11 bits per heavy atom. The molecule has 0 aromatic heterocycles. The molecule has 8 heteroatoms. The van der Waals surface area contributed by atoms with E-state index in [0.29, 0.717) is 12.2 Å². The minimum absolute atomic E-state index is 0.0455. The van der Waals surface area contributed by atoms with E-state index in [1.54, 1.807) is 6.92 Å². The van der Waals surface area contributed by atoms with Crippen LogP contribution in [0, 0.1) is 0 Å². The van der Waals surface area contributed by atoms with Gasteiger partial charge in [-0.3, -0.25) is 0 Å². The number of rotatable bonds is 6. The third kappa shape index (κ3) is 5.19. The van der Waals surface area contributed by atoms with Gasteiger partial charge in [-0.25, -0.2) is 0 Å². The highest BCUT2D eigenvalue weighted by Crippen LogP contribution is 2.29. The molecule has 0 amide bonds. The zero-order valence-corrected chi connectivity index (χ0v) is 10.2. The van der Waals surface area contributed by atoms with Gasteiger partial charge in [0.25, 0.3) is 0 Å². The molecule has 1 rings (SSSR count). The van der Waals surface area contributed by atoms with E-state index < -0.39 is 6.61 Å². The molecule has 0 unspecified atom stereocenters.